The molecule has 0 saturated heterocycles. The van der Waals surface area contributed by atoms with Crippen LogP contribution >= 0.6 is 0 Å². The first-order valence-corrected chi connectivity index (χ1v) is 21.0. The van der Waals surface area contributed by atoms with Crippen molar-refractivity contribution in [3.63, 3.8) is 0 Å². The van der Waals surface area contributed by atoms with E-state index in [9.17, 15) is 0 Å². The van der Waals surface area contributed by atoms with Crippen molar-refractivity contribution in [1.82, 2.24) is 4.57 Å². The van der Waals surface area contributed by atoms with Gasteiger partial charge in [-0.1, -0.05) is 142 Å². The first-order valence-electron chi connectivity index (χ1n) is 21.0. The summed E-state index contributed by atoms with van der Waals surface area (Å²) in [4.78, 5) is 0. The van der Waals surface area contributed by atoms with E-state index in [1.54, 1.807) is 0 Å². The summed E-state index contributed by atoms with van der Waals surface area (Å²) >= 11 is 0. The number of allylic oxidation sites excluding steroid dienone is 7. The fourth-order valence-electron chi connectivity index (χ4n) is 10.3. The van der Waals surface area contributed by atoms with Crippen molar-refractivity contribution >= 4 is 34.7 Å². The summed E-state index contributed by atoms with van der Waals surface area (Å²) in [6, 6.07) is 35.4. The highest BCUT2D eigenvalue weighted by atomic mass is 15.0. The summed E-state index contributed by atoms with van der Waals surface area (Å²) in [5.41, 5.74) is 23.7. The number of hydrogen-bond acceptors (Lipinski definition) is 0. The maximum atomic E-state index is 2.51. The number of nitrogens with zero attached hydrogens (tertiary/aromatic N) is 1. The second-order valence-electron chi connectivity index (χ2n) is 17.7. The second-order valence-corrected chi connectivity index (χ2v) is 17.7. The topological polar surface area (TPSA) is 4.93 Å². The minimum atomic E-state index is 0.136. The van der Waals surface area contributed by atoms with E-state index < -0.39 is 0 Å². The van der Waals surface area contributed by atoms with Gasteiger partial charge in [-0.25, -0.2) is 0 Å². The van der Waals surface area contributed by atoms with Crippen LogP contribution in [0.3, 0.4) is 0 Å². The minimum Gasteiger partial charge on any atom is -0.313 e. The summed E-state index contributed by atoms with van der Waals surface area (Å²) in [5.74, 6) is 1.48. The summed E-state index contributed by atoms with van der Waals surface area (Å²) in [5, 5.41) is 1.34. The molecule has 1 heteroatoms. The third-order valence-corrected chi connectivity index (χ3v) is 13.3. The lowest BCUT2D eigenvalue weighted by Crippen LogP contribution is -2.11. The molecule has 0 N–H and O–H groups in total. The monoisotopic (exact) mass is 723 g/mol. The quantitative estimate of drug-likeness (QED) is 0.167. The van der Waals surface area contributed by atoms with E-state index >= 15 is 0 Å². The van der Waals surface area contributed by atoms with E-state index in [0.717, 1.165) is 50.4 Å². The van der Waals surface area contributed by atoms with Crippen LogP contribution in [0.5, 0.6) is 0 Å². The van der Waals surface area contributed by atoms with Crippen LogP contribution in [0, 0.1) is 11.8 Å². The first kappa shape index (κ1) is 33.7. The van der Waals surface area contributed by atoms with Crippen LogP contribution in [0.1, 0.15) is 91.1 Å². The third kappa shape index (κ3) is 5.50. The Morgan fingerprint density at radius 2 is 1.14 bits per heavy atom. The van der Waals surface area contributed by atoms with Crippen molar-refractivity contribution < 1.29 is 0 Å². The molecule has 0 radical (unpaired) electrons. The van der Waals surface area contributed by atoms with E-state index in [1.807, 2.05) is 0 Å². The Hall–Kier alpha value is -5.66. The summed E-state index contributed by atoms with van der Waals surface area (Å²) in [6.07, 6.45) is 29.1. The molecule has 0 bridgehead atoms. The van der Waals surface area contributed by atoms with Gasteiger partial charge >= 0.3 is 0 Å². The minimum absolute atomic E-state index is 0.136. The molecule has 2 unspecified atom stereocenters. The number of hydrogen-bond donors (Lipinski definition) is 0. The van der Waals surface area contributed by atoms with E-state index in [0.29, 0.717) is 0 Å². The van der Waals surface area contributed by atoms with Crippen molar-refractivity contribution in [1.29, 1.82) is 0 Å². The highest BCUT2D eigenvalue weighted by molar-refractivity contribution is 5.97. The zero-order chi connectivity index (χ0) is 37.5. The first-order chi connectivity index (χ1) is 27.4. The van der Waals surface area contributed by atoms with Crippen molar-refractivity contribution in [3.05, 3.63) is 172 Å². The maximum absolute atomic E-state index is 2.51. The molecule has 1 aromatic heterocycles. The Labute approximate surface area is 332 Å². The molecule has 0 amide bonds. The molecule has 0 spiro atoms. The standard InChI is InChI=1S/C55H49N/c1-55(2,3)41-28-30-42(31-29-41)56-51-18-9-8-12-44(51)50-33-39(27-32-52(50)56)35-19-23-37(24-20-35)53-45-13-4-6-15-47(45)54(48-16-7-5-14-46(48)53)38-25-21-36(22-26-38)43-17-10-11-40-34-49(40)43/h4,7-8,10-13,16-17,19-33,40,49H,5-6,9,14-15,18,34H2,1-3H3. The lowest BCUT2D eigenvalue weighted by molar-refractivity contribution is 0.590. The van der Waals surface area contributed by atoms with Gasteiger partial charge in [0, 0.05) is 22.3 Å². The number of aromatic nitrogens is 1. The number of benzene rings is 5. The van der Waals surface area contributed by atoms with Gasteiger partial charge in [-0.3, -0.25) is 0 Å². The van der Waals surface area contributed by atoms with Gasteiger partial charge in [0.15, 0.2) is 0 Å². The molecule has 11 rings (SSSR count). The van der Waals surface area contributed by atoms with Gasteiger partial charge in [0.2, 0.25) is 0 Å². The van der Waals surface area contributed by atoms with E-state index in [2.05, 4.69) is 171 Å². The number of rotatable bonds is 5. The fourth-order valence-corrected chi connectivity index (χ4v) is 10.3. The molecule has 6 aromatic rings. The SMILES string of the molecule is CC(C)(C)c1ccc(-n2c3c(c4cc(-c5ccc(-c6c7c(c(-c8ccc(C9=CC=CC%10CC9%10)cc8)c8c6CCC=C8)CCC=C7)cc5)ccc42)C=CCC3)cc1. The summed E-state index contributed by atoms with van der Waals surface area (Å²) in [6.45, 7) is 6.86. The highest BCUT2D eigenvalue weighted by Gasteiger charge is 2.39. The largest absolute Gasteiger partial charge is 0.313 e. The van der Waals surface area contributed by atoms with Gasteiger partial charge < -0.3 is 4.57 Å². The van der Waals surface area contributed by atoms with Crippen LogP contribution in [-0.2, 0) is 24.7 Å². The van der Waals surface area contributed by atoms with Crippen molar-refractivity contribution in [3.8, 4) is 39.1 Å². The average molecular weight is 724 g/mol. The molecule has 0 aliphatic heterocycles. The third-order valence-electron chi connectivity index (χ3n) is 13.3. The smallest absolute Gasteiger partial charge is 0.0538 e. The van der Waals surface area contributed by atoms with Crippen LogP contribution in [-0.4, -0.2) is 4.57 Å². The van der Waals surface area contributed by atoms with Crippen LogP contribution in [0.25, 0.3) is 73.8 Å². The second kappa shape index (κ2) is 13.0. The summed E-state index contributed by atoms with van der Waals surface area (Å²) in [7, 11) is 0. The Balaban J connectivity index is 0.972. The van der Waals surface area contributed by atoms with Gasteiger partial charge in [-0.2, -0.15) is 0 Å². The fraction of sp³-hybridized carbons (Fsp3) is 0.236. The molecule has 5 aliphatic carbocycles. The lowest BCUT2D eigenvalue weighted by Gasteiger charge is -2.28. The van der Waals surface area contributed by atoms with Crippen molar-refractivity contribution in [2.75, 3.05) is 0 Å². The molecule has 1 nitrogen and oxygen atoms in total. The highest BCUT2D eigenvalue weighted by Crippen LogP contribution is 2.52. The molecule has 1 fully saturated rings. The Bertz CT molecular complexity index is 2710. The van der Waals surface area contributed by atoms with Crippen LogP contribution in [0.2, 0.25) is 0 Å². The Morgan fingerprint density at radius 3 is 1.79 bits per heavy atom. The van der Waals surface area contributed by atoms with Gasteiger partial charge in [0.05, 0.1) is 5.52 Å². The van der Waals surface area contributed by atoms with Crippen LogP contribution in [0.4, 0.5) is 0 Å². The predicted octanol–water partition coefficient (Wildman–Crippen LogP) is 14.4. The molecule has 5 aliphatic rings. The van der Waals surface area contributed by atoms with Gasteiger partial charge in [-0.05, 0) is 159 Å². The Morgan fingerprint density at radius 1 is 0.571 bits per heavy atom. The van der Waals surface area contributed by atoms with E-state index in [4.69, 9.17) is 0 Å². The van der Waals surface area contributed by atoms with Crippen molar-refractivity contribution in [2.24, 2.45) is 11.8 Å². The zero-order valence-electron chi connectivity index (χ0n) is 32.9. The van der Waals surface area contributed by atoms with Crippen LogP contribution in [0.15, 0.2) is 127 Å². The molecule has 1 saturated carbocycles. The lowest BCUT2D eigenvalue weighted by atomic mass is 9.76. The molecule has 1 heterocycles. The Kier molecular flexibility index (Phi) is 7.79. The van der Waals surface area contributed by atoms with Gasteiger partial charge in [0.1, 0.15) is 0 Å². The van der Waals surface area contributed by atoms with Crippen LogP contribution < -0.4 is 0 Å². The molecule has 5 aromatic carbocycles. The molecule has 56 heavy (non-hydrogen) atoms. The summed E-state index contributed by atoms with van der Waals surface area (Å²) < 4.78 is 2.51. The zero-order valence-corrected chi connectivity index (χ0v) is 32.9. The maximum Gasteiger partial charge on any atom is 0.0538 e. The van der Waals surface area contributed by atoms with Gasteiger partial charge in [-0.15, -0.1) is 0 Å². The molecule has 2 atom stereocenters. The average Bonchev–Trinajstić information content (AvgIpc) is 3.97. The predicted molar refractivity (Wildman–Crippen MR) is 239 cm³/mol. The molecular formula is C55H49N. The van der Waals surface area contributed by atoms with Crippen molar-refractivity contribution in [2.45, 2.75) is 71.1 Å². The van der Waals surface area contributed by atoms with E-state index in [1.165, 1.54) is 107 Å². The molecular weight excluding hydrogens is 675 g/mol. The number of fused-ring (bicyclic) bond motifs is 6. The van der Waals surface area contributed by atoms with Gasteiger partial charge in [0.25, 0.3) is 0 Å². The molecule has 274 valence electrons. The normalized spacial score (nSPS) is 19.0. The van der Waals surface area contributed by atoms with E-state index in [-0.39, 0.29) is 5.41 Å².